The minimum absolute atomic E-state index is 0. The molecule has 7 heteroatoms. The number of carbonyl (C=O) groups excluding carboxylic acids is 1. The Balaban J connectivity index is 0.00000112. The Hall–Kier alpha value is -0.490. The Morgan fingerprint density at radius 1 is 1.33 bits per heavy atom. The van der Waals surface area contributed by atoms with E-state index < -0.39 is 17.6 Å². The topological polar surface area (TPSA) is 32.3 Å². The molecule has 0 aromatic carbocycles. The molecule has 0 radical (unpaired) electrons. The van der Waals surface area contributed by atoms with Crippen LogP contribution in [0.4, 0.5) is 13.2 Å². The highest BCUT2D eigenvalue weighted by Crippen LogP contribution is 2.43. The summed E-state index contributed by atoms with van der Waals surface area (Å²) >= 11 is 0. The second kappa shape index (κ2) is 3.83. The molecule has 1 N–H and O–H groups in total. The van der Waals surface area contributed by atoms with Crippen molar-refractivity contribution in [2.24, 2.45) is 0 Å². The molecule has 1 aliphatic carbocycles. The number of amides is 1. The van der Waals surface area contributed by atoms with Gasteiger partial charge in [0.25, 0.3) is 0 Å². The molecule has 1 saturated carbocycles. The van der Waals surface area contributed by atoms with E-state index in [-0.39, 0.29) is 19.0 Å². The van der Waals surface area contributed by atoms with Crippen LogP contribution in [0.5, 0.6) is 0 Å². The fourth-order valence-electron chi connectivity index (χ4n) is 1.91. The molecule has 88 valence electrons. The molecule has 0 unspecified atom stereocenters. The summed E-state index contributed by atoms with van der Waals surface area (Å²) in [5, 5.41) is 3.01. The Morgan fingerprint density at radius 2 is 1.93 bits per heavy atom. The molecule has 2 fully saturated rings. The van der Waals surface area contributed by atoms with E-state index in [1.165, 1.54) is 0 Å². The van der Waals surface area contributed by atoms with E-state index in [1.807, 2.05) is 0 Å². The predicted molar refractivity (Wildman–Crippen MR) is 49.9 cm³/mol. The first-order valence-corrected chi connectivity index (χ1v) is 4.55. The number of nitrogens with zero attached hydrogens (tertiary/aromatic N) is 1. The predicted octanol–water partition coefficient (Wildman–Crippen LogP) is 0.935. The maximum atomic E-state index is 12.2. The molecule has 1 aliphatic heterocycles. The molecule has 2 rings (SSSR count). The van der Waals surface area contributed by atoms with Crippen LogP contribution >= 0.6 is 12.4 Å². The quantitative estimate of drug-likeness (QED) is 0.688. The van der Waals surface area contributed by atoms with Gasteiger partial charge in [0.05, 0.1) is 5.54 Å². The molecule has 15 heavy (non-hydrogen) atoms. The third-order valence-corrected chi connectivity index (χ3v) is 2.85. The zero-order chi connectivity index (χ0) is 10.4. The molecule has 1 saturated heterocycles. The first-order chi connectivity index (χ1) is 6.46. The summed E-state index contributed by atoms with van der Waals surface area (Å²) in [5.41, 5.74) is -0.523. The van der Waals surface area contributed by atoms with E-state index in [9.17, 15) is 18.0 Å². The highest BCUT2D eigenvalue weighted by molar-refractivity contribution is 5.85. The number of rotatable bonds is 0. The third-order valence-electron chi connectivity index (χ3n) is 2.85. The van der Waals surface area contributed by atoms with Crippen LogP contribution in [-0.4, -0.2) is 42.2 Å². The van der Waals surface area contributed by atoms with Gasteiger partial charge < -0.3 is 10.2 Å². The van der Waals surface area contributed by atoms with Gasteiger partial charge in [-0.2, -0.15) is 13.2 Å². The molecule has 1 amide bonds. The molecule has 1 heterocycles. The van der Waals surface area contributed by atoms with Gasteiger partial charge in [-0.1, -0.05) is 0 Å². The molecule has 1 spiro atoms. The number of piperazine rings is 1. The lowest BCUT2D eigenvalue weighted by atomic mass is 10.1. The average molecular weight is 245 g/mol. The van der Waals surface area contributed by atoms with Crippen molar-refractivity contribution in [3.63, 3.8) is 0 Å². The van der Waals surface area contributed by atoms with Crippen molar-refractivity contribution in [2.75, 3.05) is 19.6 Å². The number of hydrogen-bond donors (Lipinski definition) is 1. The van der Waals surface area contributed by atoms with E-state index in [4.69, 9.17) is 0 Å². The maximum Gasteiger partial charge on any atom is 0.471 e. The van der Waals surface area contributed by atoms with Crippen LogP contribution < -0.4 is 5.32 Å². The lowest BCUT2D eigenvalue weighted by molar-refractivity contribution is -0.189. The summed E-state index contributed by atoms with van der Waals surface area (Å²) in [5.74, 6) is -1.68. The molecule has 0 aromatic rings. The SMILES string of the molecule is Cl.O=C(N1CCNCC12CC2)C(F)(F)F. The van der Waals surface area contributed by atoms with E-state index in [2.05, 4.69) is 5.32 Å². The van der Waals surface area contributed by atoms with Crippen molar-refractivity contribution in [2.45, 2.75) is 24.6 Å². The summed E-state index contributed by atoms with van der Waals surface area (Å²) in [4.78, 5) is 12.0. The lowest BCUT2D eigenvalue weighted by Gasteiger charge is -2.37. The largest absolute Gasteiger partial charge is 0.471 e. The van der Waals surface area contributed by atoms with Crippen LogP contribution in [0.1, 0.15) is 12.8 Å². The van der Waals surface area contributed by atoms with Crippen LogP contribution in [-0.2, 0) is 4.79 Å². The Kier molecular flexibility index (Phi) is 3.21. The minimum atomic E-state index is -4.73. The van der Waals surface area contributed by atoms with Crippen molar-refractivity contribution in [3.8, 4) is 0 Å². The summed E-state index contributed by atoms with van der Waals surface area (Å²) in [6.07, 6.45) is -3.36. The van der Waals surface area contributed by atoms with Gasteiger partial charge >= 0.3 is 12.1 Å². The third kappa shape index (κ3) is 2.20. The average Bonchev–Trinajstić information content (AvgIpc) is 2.84. The molecule has 3 nitrogen and oxygen atoms in total. The fraction of sp³-hybridized carbons (Fsp3) is 0.875. The van der Waals surface area contributed by atoms with Gasteiger partial charge in [0.15, 0.2) is 0 Å². The van der Waals surface area contributed by atoms with E-state index in [0.29, 0.717) is 25.9 Å². The highest BCUT2D eigenvalue weighted by Gasteiger charge is 2.56. The van der Waals surface area contributed by atoms with Crippen LogP contribution in [0.3, 0.4) is 0 Å². The van der Waals surface area contributed by atoms with Gasteiger partial charge in [0.2, 0.25) is 0 Å². The second-order valence-corrected chi connectivity index (χ2v) is 3.86. The van der Waals surface area contributed by atoms with E-state index in [0.717, 1.165) is 4.90 Å². The number of nitrogens with one attached hydrogen (secondary N) is 1. The van der Waals surface area contributed by atoms with Gasteiger partial charge in [-0.05, 0) is 12.8 Å². The van der Waals surface area contributed by atoms with Crippen molar-refractivity contribution >= 4 is 18.3 Å². The zero-order valence-electron chi connectivity index (χ0n) is 7.93. The van der Waals surface area contributed by atoms with E-state index >= 15 is 0 Å². The Labute approximate surface area is 91.4 Å². The number of hydrogen-bond acceptors (Lipinski definition) is 2. The summed E-state index contributed by atoms with van der Waals surface area (Å²) < 4.78 is 36.6. The number of carbonyl (C=O) groups is 1. The van der Waals surface area contributed by atoms with Gasteiger partial charge in [0.1, 0.15) is 0 Å². The normalized spacial score (nSPS) is 23.5. The molecule has 2 aliphatic rings. The second-order valence-electron chi connectivity index (χ2n) is 3.86. The van der Waals surface area contributed by atoms with Crippen LogP contribution in [0.25, 0.3) is 0 Å². The smallest absolute Gasteiger partial charge is 0.327 e. The first kappa shape index (κ1) is 12.6. The minimum Gasteiger partial charge on any atom is -0.327 e. The highest BCUT2D eigenvalue weighted by atomic mass is 35.5. The van der Waals surface area contributed by atoms with Gasteiger partial charge in [-0.3, -0.25) is 4.79 Å². The van der Waals surface area contributed by atoms with Crippen LogP contribution in [0.15, 0.2) is 0 Å². The molecule has 0 atom stereocenters. The van der Waals surface area contributed by atoms with Crippen molar-refractivity contribution in [1.29, 1.82) is 0 Å². The zero-order valence-corrected chi connectivity index (χ0v) is 8.75. The van der Waals surface area contributed by atoms with Crippen molar-refractivity contribution < 1.29 is 18.0 Å². The molecular weight excluding hydrogens is 233 g/mol. The summed E-state index contributed by atoms with van der Waals surface area (Å²) in [6.45, 7) is 1.11. The van der Waals surface area contributed by atoms with Crippen LogP contribution in [0, 0.1) is 0 Å². The van der Waals surface area contributed by atoms with Gasteiger partial charge in [-0.15, -0.1) is 12.4 Å². The molecule has 0 bridgehead atoms. The van der Waals surface area contributed by atoms with E-state index in [1.54, 1.807) is 0 Å². The Morgan fingerprint density at radius 3 is 2.40 bits per heavy atom. The number of halogens is 4. The maximum absolute atomic E-state index is 12.2. The first-order valence-electron chi connectivity index (χ1n) is 4.55. The monoisotopic (exact) mass is 244 g/mol. The fourth-order valence-corrected chi connectivity index (χ4v) is 1.91. The molecule has 0 aromatic heterocycles. The van der Waals surface area contributed by atoms with Gasteiger partial charge in [0, 0.05) is 19.6 Å². The standard InChI is InChI=1S/C8H11F3N2O.ClH/c9-8(10,11)6(14)13-4-3-12-5-7(13)1-2-7;/h12H,1-5H2;1H. The van der Waals surface area contributed by atoms with Crippen molar-refractivity contribution in [3.05, 3.63) is 0 Å². The van der Waals surface area contributed by atoms with Crippen molar-refractivity contribution in [1.82, 2.24) is 10.2 Å². The van der Waals surface area contributed by atoms with Gasteiger partial charge in [-0.25, -0.2) is 0 Å². The Bertz CT molecular complexity index is 265. The molecular formula is C8H12ClF3N2O. The van der Waals surface area contributed by atoms with Crippen LogP contribution in [0.2, 0.25) is 0 Å². The summed E-state index contributed by atoms with van der Waals surface area (Å²) in [6, 6.07) is 0. The number of alkyl halides is 3. The summed E-state index contributed by atoms with van der Waals surface area (Å²) in [7, 11) is 0. The lowest BCUT2D eigenvalue weighted by Crippen LogP contribution is -2.58.